The van der Waals surface area contributed by atoms with E-state index in [9.17, 15) is 9.59 Å². The molecule has 1 aliphatic rings. The van der Waals surface area contributed by atoms with Gasteiger partial charge in [0.05, 0.1) is 12.2 Å². The normalized spacial score (nSPS) is 15.3. The van der Waals surface area contributed by atoms with Crippen molar-refractivity contribution < 1.29 is 14.3 Å². The third-order valence-corrected chi connectivity index (χ3v) is 3.79. The van der Waals surface area contributed by atoms with Gasteiger partial charge in [-0.3, -0.25) is 9.78 Å². The Hall–Kier alpha value is -2.15. The topological polar surface area (TPSA) is 83.6 Å². The van der Waals surface area contributed by atoms with Crippen LogP contribution in [0.25, 0.3) is 0 Å². The number of piperidine rings is 1. The van der Waals surface area contributed by atoms with E-state index < -0.39 is 0 Å². The van der Waals surface area contributed by atoms with Gasteiger partial charge in [-0.1, -0.05) is 0 Å². The number of carbonyl (C=O) groups excluding carboxylic acids is 2. The zero-order valence-electron chi connectivity index (χ0n) is 13.5. The Morgan fingerprint density at radius 2 is 2.13 bits per heavy atom. The van der Waals surface area contributed by atoms with Gasteiger partial charge in [0.15, 0.2) is 0 Å². The number of ether oxygens (including phenoxy) is 1. The first-order valence-corrected chi connectivity index (χ1v) is 8.04. The van der Waals surface area contributed by atoms with Crippen LogP contribution in [-0.4, -0.2) is 60.7 Å². The van der Waals surface area contributed by atoms with Gasteiger partial charge in [0.1, 0.15) is 0 Å². The zero-order valence-corrected chi connectivity index (χ0v) is 13.5. The zero-order chi connectivity index (χ0) is 16.5. The fourth-order valence-electron chi connectivity index (χ4n) is 2.53. The van der Waals surface area contributed by atoms with E-state index in [1.165, 1.54) is 0 Å². The van der Waals surface area contributed by atoms with E-state index in [1.807, 2.05) is 6.92 Å². The van der Waals surface area contributed by atoms with Crippen LogP contribution >= 0.6 is 0 Å². The molecule has 7 nitrogen and oxygen atoms in total. The Balaban J connectivity index is 1.59. The maximum Gasteiger partial charge on any atom is 0.409 e. The van der Waals surface area contributed by atoms with Gasteiger partial charge in [-0.2, -0.15) is 0 Å². The number of hydrogen-bond donors (Lipinski definition) is 2. The Morgan fingerprint density at radius 1 is 1.35 bits per heavy atom. The van der Waals surface area contributed by atoms with Crippen molar-refractivity contribution in [1.82, 2.24) is 20.5 Å². The molecule has 0 unspecified atom stereocenters. The van der Waals surface area contributed by atoms with Crippen molar-refractivity contribution in [2.24, 2.45) is 0 Å². The minimum atomic E-state index is -0.227. The van der Waals surface area contributed by atoms with Gasteiger partial charge < -0.3 is 20.3 Å². The summed E-state index contributed by atoms with van der Waals surface area (Å²) in [5.41, 5.74) is 0.565. The number of rotatable bonds is 6. The number of likely N-dealkylation sites (tertiary alicyclic amines) is 1. The van der Waals surface area contributed by atoms with E-state index in [2.05, 4.69) is 15.6 Å². The lowest BCUT2D eigenvalue weighted by atomic mass is 10.1. The van der Waals surface area contributed by atoms with Gasteiger partial charge in [0.25, 0.3) is 5.91 Å². The van der Waals surface area contributed by atoms with Crippen LogP contribution in [0.3, 0.4) is 0 Å². The quantitative estimate of drug-likeness (QED) is 0.765. The number of nitrogens with one attached hydrogen (secondary N) is 2. The molecule has 23 heavy (non-hydrogen) atoms. The number of pyridine rings is 1. The highest BCUT2D eigenvalue weighted by Gasteiger charge is 2.22. The molecule has 126 valence electrons. The van der Waals surface area contributed by atoms with Crippen molar-refractivity contribution in [3.05, 3.63) is 30.1 Å². The summed E-state index contributed by atoms with van der Waals surface area (Å²) in [5, 5.41) is 6.27. The SMILES string of the molecule is CCOC(=O)N1CCC(NCCNC(=O)c2cccnc2)CC1. The fourth-order valence-corrected chi connectivity index (χ4v) is 2.53. The molecule has 2 N–H and O–H groups in total. The molecule has 1 saturated heterocycles. The van der Waals surface area contributed by atoms with Gasteiger partial charge >= 0.3 is 6.09 Å². The molecule has 0 saturated carbocycles. The van der Waals surface area contributed by atoms with Gasteiger partial charge in [-0.05, 0) is 31.9 Å². The summed E-state index contributed by atoms with van der Waals surface area (Å²) in [7, 11) is 0. The molecule has 0 bridgehead atoms. The minimum absolute atomic E-state index is 0.114. The van der Waals surface area contributed by atoms with Gasteiger partial charge in [-0.15, -0.1) is 0 Å². The van der Waals surface area contributed by atoms with Gasteiger partial charge in [-0.25, -0.2) is 4.79 Å². The molecule has 2 rings (SSSR count). The average molecular weight is 320 g/mol. The van der Waals surface area contributed by atoms with E-state index in [1.54, 1.807) is 29.4 Å². The number of nitrogens with zero attached hydrogens (tertiary/aromatic N) is 2. The number of hydrogen-bond acceptors (Lipinski definition) is 5. The summed E-state index contributed by atoms with van der Waals surface area (Å²) in [4.78, 5) is 29.1. The molecule has 0 atom stereocenters. The van der Waals surface area contributed by atoms with Crippen molar-refractivity contribution in [2.45, 2.75) is 25.8 Å². The van der Waals surface area contributed by atoms with Crippen LogP contribution in [0.4, 0.5) is 4.79 Å². The summed E-state index contributed by atoms with van der Waals surface area (Å²) in [6.07, 6.45) is 4.76. The van der Waals surface area contributed by atoms with E-state index in [0.717, 1.165) is 12.8 Å². The highest BCUT2D eigenvalue weighted by atomic mass is 16.6. The second kappa shape index (κ2) is 9.09. The summed E-state index contributed by atoms with van der Waals surface area (Å²) in [5.74, 6) is -0.114. The van der Waals surface area contributed by atoms with Crippen molar-refractivity contribution in [3.63, 3.8) is 0 Å². The molecule has 1 aromatic rings. The summed E-state index contributed by atoms with van der Waals surface area (Å²) >= 11 is 0. The number of aromatic nitrogens is 1. The van der Waals surface area contributed by atoms with E-state index in [-0.39, 0.29) is 12.0 Å². The third kappa shape index (κ3) is 5.52. The molecule has 0 aromatic carbocycles. The highest BCUT2D eigenvalue weighted by molar-refractivity contribution is 5.93. The predicted molar refractivity (Wildman–Crippen MR) is 86.2 cm³/mol. The smallest absolute Gasteiger partial charge is 0.409 e. The van der Waals surface area contributed by atoms with Crippen molar-refractivity contribution in [3.8, 4) is 0 Å². The van der Waals surface area contributed by atoms with Crippen LogP contribution < -0.4 is 10.6 Å². The minimum Gasteiger partial charge on any atom is -0.450 e. The molecule has 0 radical (unpaired) electrons. The molecule has 7 heteroatoms. The van der Waals surface area contributed by atoms with Crippen LogP contribution in [-0.2, 0) is 4.74 Å². The molecular formula is C16H24N4O3. The molecule has 2 heterocycles. The van der Waals surface area contributed by atoms with Gasteiger partial charge in [0, 0.05) is 44.6 Å². The monoisotopic (exact) mass is 320 g/mol. The lowest BCUT2D eigenvalue weighted by Gasteiger charge is -2.31. The van der Waals surface area contributed by atoms with Crippen LogP contribution in [0.5, 0.6) is 0 Å². The van der Waals surface area contributed by atoms with Crippen molar-refractivity contribution in [2.75, 3.05) is 32.8 Å². The number of amides is 2. The lowest BCUT2D eigenvalue weighted by Crippen LogP contribution is -2.46. The summed E-state index contributed by atoms with van der Waals surface area (Å²) in [6, 6.07) is 3.85. The van der Waals surface area contributed by atoms with E-state index in [4.69, 9.17) is 4.74 Å². The fraction of sp³-hybridized carbons (Fsp3) is 0.562. The molecule has 0 spiro atoms. The maximum atomic E-state index is 11.8. The molecule has 1 aromatic heterocycles. The van der Waals surface area contributed by atoms with Crippen LogP contribution in [0, 0.1) is 0 Å². The molecule has 0 aliphatic carbocycles. The van der Waals surface area contributed by atoms with Crippen molar-refractivity contribution >= 4 is 12.0 Å². The molecular weight excluding hydrogens is 296 g/mol. The lowest BCUT2D eigenvalue weighted by molar-refractivity contribution is 0.0931. The highest BCUT2D eigenvalue weighted by Crippen LogP contribution is 2.11. The second-order valence-electron chi connectivity index (χ2n) is 5.41. The molecule has 1 fully saturated rings. The largest absolute Gasteiger partial charge is 0.450 e. The van der Waals surface area contributed by atoms with Gasteiger partial charge in [0.2, 0.25) is 0 Å². The molecule has 1 aliphatic heterocycles. The summed E-state index contributed by atoms with van der Waals surface area (Å²) < 4.78 is 5.00. The average Bonchev–Trinajstić information content (AvgIpc) is 2.60. The first kappa shape index (κ1) is 17.2. The molecule has 2 amide bonds. The van der Waals surface area contributed by atoms with Crippen LogP contribution in [0.1, 0.15) is 30.1 Å². The Bertz CT molecular complexity index is 501. The van der Waals surface area contributed by atoms with Crippen LogP contribution in [0.15, 0.2) is 24.5 Å². The summed E-state index contributed by atoms with van der Waals surface area (Å²) in [6.45, 7) is 4.90. The Labute approximate surface area is 136 Å². The first-order chi connectivity index (χ1) is 11.2. The standard InChI is InChI=1S/C16H24N4O3/c1-2-23-16(22)20-10-5-14(6-11-20)18-8-9-19-15(21)13-4-3-7-17-12-13/h3-4,7,12,14,18H,2,5-6,8-11H2,1H3,(H,19,21). The number of carbonyl (C=O) groups is 2. The predicted octanol–water partition coefficient (Wildman–Crippen LogP) is 1.02. The maximum absolute atomic E-state index is 11.8. The Morgan fingerprint density at radius 3 is 2.78 bits per heavy atom. The third-order valence-electron chi connectivity index (χ3n) is 3.79. The second-order valence-corrected chi connectivity index (χ2v) is 5.41. The van der Waals surface area contributed by atoms with E-state index >= 15 is 0 Å². The van der Waals surface area contributed by atoms with Crippen molar-refractivity contribution in [1.29, 1.82) is 0 Å². The Kier molecular flexibility index (Phi) is 6.80. The van der Waals surface area contributed by atoms with Crippen LogP contribution in [0.2, 0.25) is 0 Å². The first-order valence-electron chi connectivity index (χ1n) is 8.04. The van der Waals surface area contributed by atoms with E-state index in [0.29, 0.717) is 44.4 Å².